The number of halogens is 2. The van der Waals surface area contributed by atoms with Gasteiger partial charge in [-0.25, -0.2) is 4.39 Å². The van der Waals surface area contributed by atoms with Crippen molar-refractivity contribution < 1.29 is 9.18 Å². The molecule has 0 aliphatic carbocycles. The Kier molecular flexibility index (Phi) is 3.64. The summed E-state index contributed by atoms with van der Waals surface area (Å²) in [7, 11) is 0. The molecule has 1 heterocycles. The van der Waals surface area contributed by atoms with E-state index in [0.717, 1.165) is 13.0 Å². The fourth-order valence-electron chi connectivity index (χ4n) is 2.11. The van der Waals surface area contributed by atoms with Gasteiger partial charge in [-0.15, -0.1) is 0 Å². The summed E-state index contributed by atoms with van der Waals surface area (Å²) in [5, 5.41) is 3.18. The van der Waals surface area contributed by atoms with E-state index in [1.54, 1.807) is 12.1 Å². The number of Topliss-reactive ketones (excluding diaryl/α,β-unsaturated/α-hetero) is 1. The van der Waals surface area contributed by atoms with Gasteiger partial charge in [-0.05, 0) is 30.7 Å². The molecule has 1 unspecified atom stereocenters. The highest BCUT2D eigenvalue weighted by atomic mass is 79.9. The van der Waals surface area contributed by atoms with Crippen molar-refractivity contribution in [1.29, 1.82) is 0 Å². The lowest BCUT2D eigenvalue weighted by molar-refractivity contribution is -0.126. The van der Waals surface area contributed by atoms with Gasteiger partial charge >= 0.3 is 0 Å². The van der Waals surface area contributed by atoms with E-state index in [1.165, 1.54) is 6.07 Å². The second kappa shape index (κ2) is 4.86. The highest BCUT2D eigenvalue weighted by molar-refractivity contribution is 9.10. The van der Waals surface area contributed by atoms with Crippen LogP contribution in [0.4, 0.5) is 4.39 Å². The van der Waals surface area contributed by atoms with Gasteiger partial charge in [-0.3, -0.25) is 4.79 Å². The predicted molar refractivity (Wildman–Crippen MR) is 68.4 cm³/mol. The number of hydrogen-bond donors (Lipinski definition) is 1. The van der Waals surface area contributed by atoms with Gasteiger partial charge in [-0.2, -0.15) is 0 Å². The van der Waals surface area contributed by atoms with E-state index < -0.39 is 0 Å². The molecule has 2 nitrogen and oxygen atoms in total. The zero-order valence-corrected chi connectivity index (χ0v) is 11.3. The second-order valence-corrected chi connectivity index (χ2v) is 5.74. The molecule has 0 aromatic heterocycles. The predicted octanol–water partition coefficient (Wildman–Crippen LogP) is 2.70. The topological polar surface area (TPSA) is 29.1 Å². The molecule has 1 aliphatic heterocycles. The highest BCUT2D eigenvalue weighted by Crippen LogP contribution is 2.28. The Morgan fingerprint density at radius 2 is 2.35 bits per heavy atom. The van der Waals surface area contributed by atoms with E-state index in [0.29, 0.717) is 16.6 Å². The first-order chi connectivity index (χ1) is 8.01. The smallest absolute Gasteiger partial charge is 0.144 e. The summed E-state index contributed by atoms with van der Waals surface area (Å²) in [5.74, 6) is -0.203. The van der Waals surface area contributed by atoms with Gasteiger partial charge in [0.05, 0.1) is 0 Å². The molecule has 0 spiro atoms. The van der Waals surface area contributed by atoms with Crippen molar-refractivity contribution in [2.75, 3.05) is 13.1 Å². The fourth-order valence-corrected chi connectivity index (χ4v) is 2.44. The maximum absolute atomic E-state index is 13.6. The Bertz CT molecular complexity index is 441. The molecule has 17 heavy (non-hydrogen) atoms. The minimum Gasteiger partial charge on any atom is -0.316 e. The van der Waals surface area contributed by atoms with Crippen molar-refractivity contribution in [3.8, 4) is 0 Å². The first-order valence-electron chi connectivity index (χ1n) is 5.69. The van der Waals surface area contributed by atoms with Crippen molar-refractivity contribution in [2.24, 2.45) is 5.41 Å². The molecule has 2 rings (SSSR count). The lowest BCUT2D eigenvalue weighted by Crippen LogP contribution is -2.31. The van der Waals surface area contributed by atoms with Crippen LogP contribution in [0.25, 0.3) is 0 Å². The first-order valence-corrected chi connectivity index (χ1v) is 6.48. The van der Waals surface area contributed by atoms with E-state index in [1.807, 2.05) is 6.92 Å². The average molecular weight is 300 g/mol. The molecular formula is C13H15BrFNO. The van der Waals surface area contributed by atoms with Crippen LogP contribution in [0.15, 0.2) is 22.7 Å². The summed E-state index contributed by atoms with van der Waals surface area (Å²) in [4.78, 5) is 12.2. The normalized spacial score (nSPS) is 23.9. The molecule has 1 fully saturated rings. The van der Waals surface area contributed by atoms with E-state index in [-0.39, 0.29) is 23.4 Å². The number of hydrogen-bond acceptors (Lipinski definition) is 2. The Morgan fingerprint density at radius 1 is 1.59 bits per heavy atom. The van der Waals surface area contributed by atoms with Crippen molar-refractivity contribution in [1.82, 2.24) is 5.32 Å². The largest absolute Gasteiger partial charge is 0.316 e. The Balaban J connectivity index is 2.13. The lowest BCUT2D eigenvalue weighted by atomic mass is 9.82. The van der Waals surface area contributed by atoms with Gasteiger partial charge < -0.3 is 5.32 Å². The number of carbonyl (C=O) groups excluding carboxylic acids is 1. The lowest BCUT2D eigenvalue weighted by Gasteiger charge is -2.20. The molecule has 1 aliphatic rings. The van der Waals surface area contributed by atoms with Gasteiger partial charge in [0.15, 0.2) is 0 Å². The van der Waals surface area contributed by atoms with E-state index >= 15 is 0 Å². The molecule has 0 bridgehead atoms. The highest BCUT2D eigenvalue weighted by Gasteiger charge is 2.35. The van der Waals surface area contributed by atoms with Crippen LogP contribution < -0.4 is 5.32 Å². The van der Waals surface area contributed by atoms with Crippen LogP contribution >= 0.6 is 15.9 Å². The minimum absolute atomic E-state index is 0.115. The second-order valence-electron chi connectivity index (χ2n) is 4.82. The third kappa shape index (κ3) is 2.75. The van der Waals surface area contributed by atoms with Crippen LogP contribution in [-0.4, -0.2) is 18.9 Å². The van der Waals surface area contributed by atoms with Crippen LogP contribution in [0.2, 0.25) is 0 Å². The molecule has 1 aromatic rings. The molecule has 92 valence electrons. The average Bonchev–Trinajstić information content (AvgIpc) is 2.71. The van der Waals surface area contributed by atoms with Crippen LogP contribution in [-0.2, 0) is 11.2 Å². The molecular weight excluding hydrogens is 285 g/mol. The summed E-state index contributed by atoms with van der Waals surface area (Å²) >= 11 is 3.20. The van der Waals surface area contributed by atoms with Crippen LogP contribution in [0.1, 0.15) is 18.9 Å². The maximum atomic E-state index is 13.6. The third-order valence-corrected chi connectivity index (χ3v) is 3.90. The van der Waals surface area contributed by atoms with E-state index in [9.17, 15) is 9.18 Å². The number of benzene rings is 1. The summed E-state index contributed by atoms with van der Waals surface area (Å²) < 4.78 is 14.3. The molecule has 1 aromatic carbocycles. The molecule has 1 N–H and O–H groups in total. The third-order valence-electron chi connectivity index (χ3n) is 3.41. The summed E-state index contributed by atoms with van der Waals surface area (Å²) in [6.45, 7) is 3.52. The van der Waals surface area contributed by atoms with E-state index in [4.69, 9.17) is 0 Å². The van der Waals surface area contributed by atoms with E-state index in [2.05, 4.69) is 21.2 Å². The van der Waals surface area contributed by atoms with Crippen LogP contribution in [0.3, 0.4) is 0 Å². The fraction of sp³-hybridized carbons (Fsp3) is 0.462. The number of ketones is 1. The van der Waals surface area contributed by atoms with Crippen molar-refractivity contribution >= 4 is 21.7 Å². The molecule has 0 radical (unpaired) electrons. The molecule has 0 amide bonds. The van der Waals surface area contributed by atoms with Gasteiger partial charge in [0.2, 0.25) is 0 Å². The standard InChI is InChI=1S/C13H15BrFNO/c1-13(4-5-16-8-13)12(17)6-9-2-3-10(14)7-11(9)15/h2-3,7,16H,4-6,8H2,1H3. The zero-order chi connectivity index (χ0) is 12.5. The Hall–Kier alpha value is -0.740. The first kappa shape index (κ1) is 12.7. The van der Waals surface area contributed by atoms with Crippen LogP contribution in [0, 0.1) is 11.2 Å². The van der Waals surface area contributed by atoms with Gasteiger partial charge in [0.25, 0.3) is 0 Å². The van der Waals surface area contributed by atoms with Crippen LogP contribution in [0.5, 0.6) is 0 Å². The Morgan fingerprint density at radius 3 is 2.94 bits per heavy atom. The SMILES string of the molecule is CC1(C(=O)Cc2ccc(Br)cc2F)CCNC1. The molecule has 4 heteroatoms. The van der Waals surface area contributed by atoms with Crippen molar-refractivity contribution in [2.45, 2.75) is 19.8 Å². The summed E-state index contributed by atoms with van der Waals surface area (Å²) in [6.07, 6.45) is 1.02. The quantitative estimate of drug-likeness (QED) is 0.930. The van der Waals surface area contributed by atoms with Crippen molar-refractivity contribution in [3.05, 3.63) is 34.1 Å². The minimum atomic E-state index is -0.334. The summed E-state index contributed by atoms with van der Waals surface area (Å²) in [5.41, 5.74) is 0.144. The van der Waals surface area contributed by atoms with Crippen molar-refractivity contribution in [3.63, 3.8) is 0 Å². The molecule has 1 saturated heterocycles. The maximum Gasteiger partial charge on any atom is 0.144 e. The zero-order valence-electron chi connectivity index (χ0n) is 9.72. The molecule has 1 atom stereocenters. The Labute approximate surface area is 109 Å². The van der Waals surface area contributed by atoms with Gasteiger partial charge in [-0.1, -0.05) is 28.9 Å². The number of nitrogens with one attached hydrogen (secondary N) is 1. The van der Waals surface area contributed by atoms with Gasteiger partial charge in [0.1, 0.15) is 11.6 Å². The monoisotopic (exact) mass is 299 g/mol. The van der Waals surface area contributed by atoms with Gasteiger partial charge in [0, 0.05) is 22.9 Å². The number of carbonyl (C=O) groups is 1. The summed E-state index contributed by atoms with van der Waals surface area (Å²) in [6, 6.07) is 4.84. The number of rotatable bonds is 3. The molecule has 0 saturated carbocycles.